The maximum absolute atomic E-state index is 4.36. The fourth-order valence-electron chi connectivity index (χ4n) is 1.63. The highest BCUT2D eigenvalue weighted by atomic mass is 79.9. The van der Waals surface area contributed by atoms with Gasteiger partial charge in [-0.25, -0.2) is 9.97 Å². The molecule has 0 aliphatic heterocycles. The molecule has 0 amide bonds. The van der Waals surface area contributed by atoms with Gasteiger partial charge in [0.25, 0.3) is 0 Å². The van der Waals surface area contributed by atoms with Crippen LogP contribution in [0.25, 0.3) is 5.69 Å². The van der Waals surface area contributed by atoms with Crippen molar-refractivity contribution in [1.29, 1.82) is 0 Å². The summed E-state index contributed by atoms with van der Waals surface area (Å²) in [6, 6.07) is 11.6. The number of tetrazole rings is 1. The van der Waals surface area contributed by atoms with Gasteiger partial charge in [-0.15, -0.1) is 5.10 Å². The third kappa shape index (κ3) is 2.86. The lowest BCUT2D eigenvalue weighted by atomic mass is 10.3. The van der Waals surface area contributed by atoms with Crippen molar-refractivity contribution in [3.8, 4) is 5.69 Å². The van der Waals surface area contributed by atoms with Gasteiger partial charge in [0.15, 0.2) is 0 Å². The molecule has 0 radical (unpaired) electrons. The first-order valence-electron chi connectivity index (χ1n) is 5.75. The van der Waals surface area contributed by atoms with E-state index in [-0.39, 0.29) is 0 Å². The minimum atomic E-state index is 0.654. The second-order valence-electron chi connectivity index (χ2n) is 3.89. The molecule has 0 spiro atoms. The fourth-order valence-corrected chi connectivity index (χ4v) is 3.09. The molecule has 0 saturated heterocycles. The molecule has 0 aliphatic carbocycles. The second-order valence-corrected chi connectivity index (χ2v) is 5.69. The normalized spacial score (nSPS) is 10.7. The van der Waals surface area contributed by atoms with E-state index in [1.165, 1.54) is 11.8 Å². The summed E-state index contributed by atoms with van der Waals surface area (Å²) < 4.78 is 2.42. The number of rotatable bonds is 3. The van der Waals surface area contributed by atoms with Crippen molar-refractivity contribution < 1.29 is 0 Å². The molecule has 3 rings (SSSR count). The smallest absolute Gasteiger partial charge is 0.220 e. The summed E-state index contributed by atoms with van der Waals surface area (Å²) in [5.41, 5.74) is 0.907. The molecular weight excluding hydrogens is 340 g/mol. The van der Waals surface area contributed by atoms with Gasteiger partial charge in [-0.1, -0.05) is 18.2 Å². The first-order chi connectivity index (χ1) is 9.72. The van der Waals surface area contributed by atoms with E-state index < -0.39 is 0 Å². The van der Waals surface area contributed by atoms with Crippen molar-refractivity contribution in [3.05, 3.63) is 46.8 Å². The zero-order chi connectivity index (χ0) is 13.9. The van der Waals surface area contributed by atoms with Gasteiger partial charge in [0.05, 0.1) is 5.69 Å². The Morgan fingerprint density at radius 1 is 1.15 bits per heavy atom. The molecule has 8 heteroatoms. The SMILES string of the molecule is Cc1nc(Br)cc(Sc2nnnn2-c2ccccc2)n1. The molecule has 0 atom stereocenters. The molecule has 0 unspecified atom stereocenters. The third-order valence-corrected chi connectivity index (χ3v) is 3.68. The van der Waals surface area contributed by atoms with Crippen molar-refractivity contribution in [3.63, 3.8) is 0 Å². The highest BCUT2D eigenvalue weighted by Gasteiger charge is 2.11. The average molecular weight is 349 g/mol. The Bertz CT molecular complexity index is 710. The van der Waals surface area contributed by atoms with Crippen LogP contribution in [0.1, 0.15) is 5.82 Å². The van der Waals surface area contributed by atoms with Gasteiger partial charge in [0.2, 0.25) is 5.16 Å². The van der Waals surface area contributed by atoms with E-state index in [2.05, 4.69) is 41.4 Å². The molecule has 0 N–H and O–H groups in total. The zero-order valence-electron chi connectivity index (χ0n) is 10.4. The number of hydrogen-bond donors (Lipinski definition) is 0. The lowest BCUT2D eigenvalue weighted by molar-refractivity contribution is 0.755. The quantitative estimate of drug-likeness (QED) is 0.677. The predicted octanol–water partition coefficient (Wildman–Crippen LogP) is 2.67. The van der Waals surface area contributed by atoms with E-state index in [1.807, 2.05) is 43.3 Å². The number of hydrogen-bond acceptors (Lipinski definition) is 6. The van der Waals surface area contributed by atoms with Gasteiger partial charge < -0.3 is 0 Å². The van der Waals surface area contributed by atoms with Crippen molar-refractivity contribution in [2.75, 3.05) is 0 Å². The number of nitrogens with zero attached hydrogens (tertiary/aromatic N) is 6. The Labute approximate surface area is 127 Å². The third-order valence-electron chi connectivity index (χ3n) is 2.42. The molecule has 0 fully saturated rings. The van der Waals surface area contributed by atoms with E-state index in [4.69, 9.17) is 0 Å². The van der Waals surface area contributed by atoms with Crippen molar-refractivity contribution in [2.24, 2.45) is 0 Å². The first kappa shape index (κ1) is 13.2. The van der Waals surface area contributed by atoms with Crippen molar-refractivity contribution in [1.82, 2.24) is 30.2 Å². The van der Waals surface area contributed by atoms with Gasteiger partial charge >= 0.3 is 0 Å². The fraction of sp³-hybridized carbons (Fsp3) is 0.0833. The van der Waals surface area contributed by atoms with Crippen LogP contribution in [0.3, 0.4) is 0 Å². The molecule has 3 aromatic rings. The zero-order valence-corrected chi connectivity index (χ0v) is 12.8. The Morgan fingerprint density at radius 3 is 2.70 bits per heavy atom. The Balaban J connectivity index is 1.94. The molecule has 100 valence electrons. The van der Waals surface area contributed by atoms with E-state index in [9.17, 15) is 0 Å². The topological polar surface area (TPSA) is 69.4 Å². The van der Waals surface area contributed by atoms with Gasteiger partial charge in [-0.3, -0.25) is 0 Å². The van der Waals surface area contributed by atoms with E-state index in [0.717, 1.165) is 15.3 Å². The summed E-state index contributed by atoms with van der Waals surface area (Å²) in [5, 5.41) is 13.2. The minimum absolute atomic E-state index is 0.654. The summed E-state index contributed by atoms with van der Waals surface area (Å²) in [5.74, 6) is 0.695. The van der Waals surface area contributed by atoms with Crippen LogP contribution in [0.5, 0.6) is 0 Å². The number of aromatic nitrogens is 6. The second kappa shape index (κ2) is 5.68. The van der Waals surface area contributed by atoms with E-state index in [1.54, 1.807) is 4.68 Å². The maximum atomic E-state index is 4.36. The Morgan fingerprint density at radius 2 is 1.95 bits per heavy atom. The molecular formula is C12H9BrN6S. The monoisotopic (exact) mass is 348 g/mol. The number of aryl methyl sites for hydroxylation is 1. The van der Waals surface area contributed by atoms with Gasteiger partial charge in [-0.2, -0.15) is 4.68 Å². The van der Waals surface area contributed by atoms with E-state index in [0.29, 0.717) is 11.0 Å². The number of benzene rings is 1. The number of para-hydroxylation sites is 1. The van der Waals surface area contributed by atoms with Crippen LogP contribution in [0.2, 0.25) is 0 Å². The lowest BCUT2D eigenvalue weighted by Gasteiger charge is -2.04. The van der Waals surface area contributed by atoms with Crippen LogP contribution in [0, 0.1) is 6.92 Å². The van der Waals surface area contributed by atoms with Crippen LogP contribution < -0.4 is 0 Å². The number of halogens is 1. The predicted molar refractivity (Wildman–Crippen MR) is 77.7 cm³/mol. The van der Waals surface area contributed by atoms with Crippen LogP contribution in [0.4, 0.5) is 0 Å². The summed E-state index contributed by atoms with van der Waals surface area (Å²) >= 11 is 4.75. The summed E-state index contributed by atoms with van der Waals surface area (Å²) in [6.07, 6.45) is 0. The summed E-state index contributed by atoms with van der Waals surface area (Å²) in [6.45, 7) is 1.84. The average Bonchev–Trinajstić information content (AvgIpc) is 2.86. The Hall–Kier alpha value is -1.80. The van der Waals surface area contributed by atoms with Gasteiger partial charge in [0, 0.05) is 6.07 Å². The molecule has 0 saturated carbocycles. The highest BCUT2D eigenvalue weighted by molar-refractivity contribution is 9.10. The van der Waals surface area contributed by atoms with Crippen LogP contribution in [-0.2, 0) is 0 Å². The summed E-state index contributed by atoms with van der Waals surface area (Å²) in [7, 11) is 0. The molecule has 6 nitrogen and oxygen atoms in total. The molecule has 2 heterocycles. The molecule has 20 heavy (non-hydrogen) atoms. The summed E-state index contributed by atoms with van der Waals surface area (Å²) in [4.78, 5) is 8.53. The van der Waals surface area contributed by atoms with Crippen LogP contribution >= 0.6 is 27.7 Å². The lowest BCUT2D eigenvalue weighted by Crippen LogP contribution is -1.99. The van der Waals surface area contributed by atoms with Crippen molar-refractivity contribution >= 4 is 27.7 Å². The Kier molecular flexibility index (Phi) is 3.75. The maximum Gasteiger partial charge on any atom is 0.220 e. The van der Waals surface area contributed by atoms with Crippen LogP contribution in [0.15, 0.2) is 51.2 Å². The van der Waals surface area contributed by atoms with Crippen molar-refractivity contribution in [2.45, 2.75) is 17.1 Å². The first-order valence-corrected chi connectivity index (χ1v) is 7.36. The molecule has 0 bridgehead atoms. The minimum Gasteiger partial charge on any atom is -0.226 e. The highest BCUT2D eigenvalue weighted by Crippen LogP contribution is 2.26. The molecule has 0 aliphatic rings. The molecule has 1 aromatic carbocycles. The standard InChI is InChI=1S/C12H9BrN6S/c1-8-14-10(13)7-11(15-8)20-12-16-17-18-19(12)9-5-3-2-4-6-9/h2-7H,1H3. The van der Waals surface area contributed by atoms with E-state index >= 15 is 0 Å². The largest absolute Gasteiger partial charge is 0.226 e. The van der Waals surface area contributed by atoms with Crippen LogP contribution in [-0.4, -0.2) is 30.2 Å². The van der Waals surface area contributed by atoms with Gasteiger partial charge in [0.1, 0.15) is 15.5 Å². The molecule has 2 aromatic heterocycles. The van der Waals surface area contributed by atoms with Gasteiger partial charge in [-0.05, 0) is 57.2 Å².